The minimum Gasteiger partial charge on any atom is -0.370 e. The summed E-state index contributed by atoms with van der Waals surface area (Å²) in [6.45, 7) is 5.09. The Bertz CT molecular complexity index is 610. The Labute approximate surface area is 165 Å². The van der Waals surface area contributed by atoms with E-state index in [1.54, 1.807) is 12.1 Å². The minimum absolute atomic E-state index is 0. The second-order valence-electron chi connectivity index (χ2n) is 6.36. The van der Waals surface area contributed by atoms with Crippen LogP contribution in [0.2, 0.25) is 0 Å². The van der Waals surface area contributed by atoms with E-state index in [-0.39, 0.29) is 43.0 Å². The van der Waals surface area contributed by atoms with Crippen molar-refractivity contribution in [2.75, 3.05) is 29.9 Å². The van der Waals surface area contributed by atoms with Crippen LogP contribution in [0.4, 0.5) is 15.8 Å². The van der Waals surface area contributed by atoms with Gasteiger partial charge in [0.05, 0.1) is 18.3 Å². The van der Waals surface area contributed by atoms with Crippen molar-refractivity contribution in [3.8, 4) is 0 Å². The van der Waals surface area contributed by atoms with Gasteiger partial charge in [0.1, 0.15) is 11.5 Å². The Morgan fingerprint density at radius 3 is 2.42 bits per heavy atom. The minimum atomic E-state index is -0.675. The number of rotatable bonds is 6. The van der Waals surface area contributed by atoms with Gasteiger partial charge in [-0.15, -0.1) is 24.8 Å². The van der Waals surface area contributed by atoms with Crippen LogP contribution in [0.1, 0.15) is 26.7 Å². The van der Waals surface area contributed by atoms with Crippen molar-refractivity contribution in [3.05, 3.63) is 24.0 Å². The van der Waals surface area contributed by atoms with E-state index >= 15 is 0 Å². The van der Waals surface area contributed by atoms with E-state index in [0.717, 1.165) is 25.9 Å². The first-order chi connectivity index (χ1) is 11.4. The number of halogens is 3. The molecule has 148 valence electrons. The SMILES string of the molecule is CC(C)[C@H](N)C(=O)NCC(=O)Nc1c(F)cccc1N1CCCC1.Cl.Cl. The molecule has 1 heterocycles. The van der Waals surface area contributed by atoms with Crippen molar-refractivity contribution in [2.24, 2.45) is 11.7 Å². The summed E-state index contributed by atoms with van der Waals surface area (Å²) in [6.07, 6.45) is 2.10. The third kappa shape index (κ3) is 6.30. The highest BCUT2D eigenvalue weighted by Crippen LogP contribution is 2.31. The molecule has 1 aromatic carbocycles. The van der Waals surface area contributed by atoms with Crippen LogP contribution < -0.4 is 21.3 Å². The van der Waals surface area contributed by atoms with E-state index < -0.39 is 23.7 Å². The van der Waals surface area contributed by atoms with E-state index in [2.05, 4.69) is 10.6 Å². The van der Waals surface area contributed by atoms with Crippen molar-refractivity contribution in [2.45, 2.75) is 32.7 Å². The van der Waals surface area contributed by atoms with Gasteiger partial charge in [-0.1, -0.05) is 19.9 Å². The van der Waals surface area contributed by atoms with Crippen molar-refractivity contribution >= 4 is 48.0 Å². The number of carbonyl (C=O) groups is 2. The molecule has 26 heavy (non-hydrogen) atoms. The molecule has 1 atom stereocenters. The summed E-state index contributed by atoms with van der Waals surface area (Å²) in [5.74, 6) is -1.39. The van der Waals surface area contributed by atoms with Crippen LogP contribution in [-0.4, -0.2) is 37.5 Å². The number of nitrogens with zero attached hydrogens (tertiary/aromatic N) is 1. The van der Waals surface area contributed by atoms with Crippen molar-refractivity contribution in [1.29, 1.82) is 0 Å². The highest BCUT2D eigenvalue weighted by Gasteiger charge is 2.21. The van der Waals surface area contributed by atoms with Gasteiger partial charge >= 0.3 is 0 Å². The molecule has 0 spiro atoms. The Kier molecular flexibility index (Phi) is 10.5. The zero-order chi connectivity index (χ0) is 17.7. The number of nitrogens with one attached hydrogen (secondary N) is 2. The highest BCUT2D eigenvalue weighted by atomic mass is 35.5. The van der Waals surface area contributed by atoms with Crippen molar-refractivity contribution in [3.63, 3.8) is 0 Å². The standard InChI is InChI=1S/C17H25FN4O2.2ClH/c1-11(2)15(19)17(24)20-10-14(23)21-16-12(18)6-5-7-13(16)22-8-3-4-9-22;;/h5-7,11,15H,3-4,8-10,19H2,1-2H3,(H,20,24)(H,21,23);2*1H/t15-;;/m0../s1. The third-order valence-corrected chi connectivity index (χ3v) is 4.15. The number of amides is 2. The Balaban J connectivity index is 0.00000312. The highest BCUT2D eigenvalue weighted by molar-refractivity contribution is 5.98. The first-order valence-corrected chi connectivity index (χ1v) is 8.26. The molecule has 2 amide bonds. The molecule has 2 rings (SSSR count). The molecular weight excluding hydrogens is 382 g/mol. The molecule has 9 heteroatoms. The van der Waals surface area contributed by atoms with Crippen LogP contribution >= 0.6 is 24.8 Å². The van der Waals surface area contributed by atoms with Crippen LogP contribution in [0.5, 0.6) is 0 Å². The number of hydrogen-bond acceptors (Lipinski definition) is 4. The quantitative estimate of drug-likeness (QED) is 0.673. The fraction of sp³-hybridized carbons (Fsp3) is 0.529. The number of nitrogens with two attached hydrogens (primary N) is 1. The topological polar surface area (TPSA) is 87.5 Å². The van der Waals surface area contributed by atoms with Gasteiger partial charge in [-0.3, -0.25) is 9.59 Å². The van der Waals surface area contributed by atoms with Crippen LogP contribution in [0.3, 0.4) is 0 Å². The molecule has 1 aliphatic heterocycles. The molecule has 0 radical (unpaired) electrons. The zero-order valence-electron chi connectivity index (χ0n) is 15.0. The largest absolute Gasteiger partial charge is 0.370 e. The maximum absolute atomic E-state index is 14.1. The predicted octanol–water partition coefficient (Wildman–Crippen LogP) is 2.31. The number of carbonyl (C=O) groups excluding carboxylic acids is 2. The Morgan fingerprint density at radius 2 is 1.85 bits per heavy atom. The second kappa shape index (κ2) is 11.2. The van der Waals surface area contributed by atoms with E-state index in [0.29, 0.717) is 5.69 Å². The predicted molar refractivity (Wildman–Crippen MR) is 107 cm³/mol. The van der Waals surface area contributed by atoms with Crippen LogP contribution in [0, 0.1) is 11.7 Å². The second-order valence-corrected chi connectivity index (χ2v) is 6.36. The van der Waals surface area contributed by atoms with E-state index in [4.69, 9.17) is 5.73 Å². The lowest BCUT2D eigenvalue weighted by atomic mass is 10.1. The lowest BCUT2D eigenvalue weighted by Gasteiger charge is -2.22. The molecule has 6 nitrogen and oxygen atoms in total. The monoisotopic (exact) mass is 408 g/mol. The third-order valence-electron chi connectivity index (χ3n) is 4.15. The molecule has 1 saturated heterocycles. The average Bonchev–Trinajstić information content (AvgIpc) is 3.07. The number of hydrogen-bond donors (Lipinski definition) is 3. The van der Waals surface area contributed by atoms with Gasteiger partial charge in [-0.25, -0.2) is 4.39 Å². The summed E-state index contributed by atoms with van der Waals surface area (Å²) in [5.41, 5.74) is 6.55. The zero-order valence-corrected chi connectivity index (χ0v) is 16.6. The van der Waals surface area contributed by atoms with Gasteiger partial charge in [0.15, 0.2) is 0 Å². The molecule has 1 fully saturated rings. The summed E-state index contributed by atoms with van der Waals surface area (Å²) >= 11 is 0. The van der Waals surface area contributed by atoms with Gasteiger partial charge in [-0.05, 0) is 30.9 Å². The first kappa shape index (κ1) is 24.4. The number of para-hydroxylation sites is 1. The molecule has 1 aromatic rings. The van der Waals surface area contributed by atoms with E-state index in [1.807, 2.05) is 18.7 Å². The van der Waals surface area contributed by atoms with Crippen LogP contribution in [-0.2, 0) is 9.59 Å². The summed E-state index contributed by atoms with van der Waals surface area (Å²) in [7, 11) is 0. The van der Waals surface area contributed by atoms with E-state index in [1.165, 1.54) is 6.07 Å². The lowest BCUT2D eigenvalue weighted by Crippen LogP contribution is -2.46. The smallest absolute Gasteiger partial charge is 0.243 e. The van der Waals surface area contributed by atoms with Gasteiger partial charge < -0.3 is 21.3 Å². The Morgan fingerprint density at radius 1 is 1.23 bits per heavy atom. The number of benzene rings is 1. The van der Waals surface area contributed by atoms with Crippen LogP contribution in [0.25, 0.3) is 0 Å². The first-order valence-electron chi connectivity index (χ1n) is 8.26. The Hall–Kier alpha value is -1.57. The maximum Gasteiger partial charge on any atom is 0.243 e. The summed E-state index contributed by atoms with van der Waals surface area (Å²) in [6, 6.07) is 4.05. The lowest BCUT2D eigenvalue weighted by molar-refractivity contribution is -0.125. The fourth-order valence-electron chi connectivity index (χ4n) is 2.63. The van der Waals surface area contributed by atoms with Crippen molar-refractivity contribution in [1.82, 2.24) is 5.32 Å². The normalized spacial score (nSPS) is 14.3. The fourth-order valence-corrected chi connectivity index (χ4v) is 2.63. The molecule has 0 saturated carbocycles. The van der Waals surface area contributed by atoms with Crippen molar-refractivity contribution < 1.29 is 14.0 Å². The van der Waals surface area contributed by atoms with Gasteiger partial charge in [0, 0.05) is 13.1 Å². The number of anilines is 2. The summed E-state index contributed by atoms with van der Waals surface area (Å²) in [5, 5.41) is 5.05. The summed E-state index contributed by atoms with van der Waals surface area (Å²) in [4.78, 5) is 25.9. The maximum atomic E-state index is 14.1. The van der Waals surface area contributed by atoms with Crippen LogP contribution in [0.15, 0.2) is 18.2 Å². The molecule has 4 N–H and O–H groups in total. The summed E-state index contributed by atoms with van der Waals surface area (Å²) < 4.78 is 14.1. The molecule has 0 aromatic heterocycles. The molecule has 0 aliphatic carbocycles. The molecule has 0 bridgehead atoms. The molecule has 1 aliphatic rings. The molecule has 0 unspecified atom stereocenters. The van der Waals surface area contributed by atoms with Gasteiger partial charge in [0.2, 0.25) is 11.8 Å². The average molecular weight is 409 g/mol. The van der Waals surface area contributed by atoms with Gasteiger partial charge in [-0.2, -0.15) is 0 Å². The van der Waals surface area contributed by atoms with Gasteiger partial charge in [0.25, 0.3) is 0 Å². The van der Waals surface area contributed by atoms with E-state index in [9.17, 15) is 14.0 Å². The molecular formula is C17H27Cl2FN4O2.